The quantitative estimate of drug-likeness (QED) is 0.438. The molecule has 4 rings (SSSR count). The molecule has 0 spiro atoms. The molecule has 0 amide bonds. The van der Waals surface area contributed by atoms with Crippen LogP contribution in [-0.2, 0) is 6.42 Å². The first-order valence-electron chi connectivity index (χ1n) is 9.35. The zero-order valence-electron chi connectivity index (χ0n) is 15.6. The van der Waals surface area contributed by atoms with E-state index in [-0.39, 0.29) is 0 Å². The average molecular weight is 340 g/mol. The van der Waals surface area contributed by atoms with Gasteiger partial charge < -0.3 is 0 Å². The molecule has 0 aliphatic rings. The van der Waals surface area contributed by atoms with E-state index in [0.717, 1.165) is 17.5 Å². The molecule has 0 saturated heterocycles. The lowest BCUT2D eigenvalue weighted by atomic mass is 9.89. The van der Waals surface area contributed by atoms with Gasteiger partial charge in [0.1, 0.15) is 0 Å². The van der Waals surface area contributed by atoms with Gasteiger partial charge in [-0.3, -0.25) is 9.97 Å². The van der Waals surface area contributed by atoms with Crippen molar-refractivity contribution in [2.24, 2.45) is 0 Å². The van der Waals surface area contributed by atoms with Crippen LogP contribution < -0.4 is 0 Å². The first-order valence-corrected chi connectivity index (χ1v) is 9.35. The summed E-state index contributed by atoms with van der Waals surface area (Å²) in [4.78, 5) is 9.49. The normalized spacial score (nSPS) is 12.8. The lowest BCUT2D eigenvalue weighted by molar-refractivity contribution is 0.760. The van der Waals surface area contributed by atoms with E-state index in [2.05, 4.69) is 80.4 Å². The van der Waals surface area contributed by atoms with E-state index in [1.807, 2.05) is 12.3 Å². The highest BCUT2D eigenvalue weighted by Gasteiger charge is 2.15. The van der Waals surface area contributed by atoms with E-state index < -0.39 is 0 Å². The number of hydrogen-bond donors (Lipinski definition) is 0. The number of para-hydroxylation sites is 2. The number of pyridine rings is 2. The SMILES string of the molecule is CC(C)c1cc(CC(C)c2cccc3cccnc23)c2ccccc2n1. The molecule has 2 heteroatoms. The van der Waals surface area contributed by atoms with Gasteiger partial charge in [0.15, 0.2) is 0 Å². The smallest absolute Gasteiger partial charge is 0.0736 e. The molecule has 26 heavy (non-hydrogen) atoms. The molecule has 2 aromatic heterocycles. The Morgan fingerprint density at radius 3 is 2.54 bits per heavy atom. The molecule has 0 fully saturated rings. The minimum Gasteiger partial charge on any atom is -0.256 e. The summed E-state index contributed by atoms with van der Waals surface area (Å²) in [5, 5.41) is 2.47. The van der Waals surface area contributed by atoms with Gasteiger partial charge in [-0.15, -0.1) is 0 Å². The Hall–Kier alpha value is -2.74. The summed E-state index contributed by atoms with van der Waals surface area (Å²) in [6.07, 6.45) is 2.87. The van der Waals surface area contributed by atoms with Crippen molar-refractivity contribution in [2.45, 2.75) is 39.0 Å². The molecule has 2 aromatic carbocycles. The number of fused-ring (bicyclic) bond motifs is 2. The van der Waals surface area contributed by atoms with Gasteiger partial charge in [-0.1, -0.05) is 63.2 Å². The van der Waals surface area contributed by atoms with Crippen molar-refractivity contribution in [3.8, 4) is 0 Å². The number of nitrogens with zero attached hydrogens (tertiary/aromatic N) is 2. The fraction of sp³-hybridized carbons (Fsp3) is 0.250. The van der Waals surface area contributed by atoms with Gasteiger partial charge in [-0.25, -0.2) is 0 Å². The molecule has 1 atom stereocenters. The van der Waals surface area contributed by atoms with Crippen molar-refractivity contribution in [1.82, 2.24) is 9.97 Å². The Balaban J connectivity index is 1.79. The Bertz CT molecular complexity index is 1060. The van der Waals surface area contributed by atoms with E-state index in [1.165, 1.54) is 27.6 Å². The van der Waals surface area contributed by atoms with Crippen LogP contribution in [0.4, 0.5) is 0 Å². The van der Waals surface area contributed by atoms with E-state index in [9.17, 15) is 0 Å². The third kappa shape index (κ3) is 3.08. The zero-order valence-corrected chi connectivity index (χ0v) is 15.6. The van der Waals surface area contributed by atoms with Crippen LogP contribution in [0.1, 0.15) is 49.4 Å². The average Bonchev–Trinajstić information content (AvgIpc) is 2.67. The van der Waals surface area contributed by atoms with E-state index in [1.54, 1.807) is 0 Å². The highest BCUT2D eigenvalue weighted by molar-refractivity contribution is 5.84. The third-order valence-electron chi connectivity index (χ3n) is 5.13. The summed E-state index contributed by atoms with van der Waals surface area (Å²) in [5.41, 5.74) is 6.07. The maximum Gasteiger partial charge on any atom is 0.0736 e. The summed E-state index contributed by atoms with van der Waals surface area (Å²) in [6.45, 7) is 6.71. The van der Waals surface area contributed by atoms with Gasteiger partial charge in [-0.05, 0) is 47.6 Å². The summed E-state index contributed by atoms with van der Waals surface area (Å²) >= 11 is 0. The van der Waals surface area contributed by atoms with Crippen molar-refractivity contribution in [2.75, 3.05) is 0 Å². The maximum absolute atomic E-state index is 4.85. The first-order chi connectivity index (χ1) is 12.6. The fourth-order valence-electron chi connectivity index (χ4n) is 3.70. The summed E-state index contributed by atoms with van der Waals surface area (Å²) in [7, 11) is 0. The van der Waals surface area contributed by atoms with Crippen molar-refractivity contribution in [1.29, 1.82) is 0 Å². The molecule has 0 aliphatic heterocycles. The standard InChI is InChI=1S/C24H24N2/c1-16(2)23-15-19(21-10-4-5-12-22(21)26-23)14-17(3)20-11-6-8-18-9-7-13-25-24(18)20/h4-13,15-17H,14H2,1-3H3. The summed E-state index contributed by atoms with van der Waals surface area (Å²) in [5.74, 6) is 0.812. The van der Waals surface area contributed by atoms with Gasteiger partial charge >= 0.3 is 0 Å². The largest absolute Gasteiger partial charge is 0.256 e. The van der Waals surface area contributed by atoms with Crippen LogP contribution in [0.5, 0.6) is 0 Å². The van der Waals surface area contributed by atoms with Crippen molar-refractivity contribution >= 4 is 21.8 Å². The molecule has 0 saturated carbocycles. The first kappa shape index (κ1) is 16.7. The predicted molar refractivity (Wildman–Crippen MR) is 110 cm³/mol. The fourth-order valence-corrected chi connectivity index (χ4v) is 3.70. The molecule has 0 radical (unpaired) electrons. The summed E-state index contributed by atoms with van der Waals surface area (Å²) in [6, 6.07) is 21.4. The predicted octanol–water partition coefficient (Wildman–Crippen LogP) is 6.25. The molecular formula is C24H24N2. The van der Waals surface area contributed by atoms with Gasteiger partial charge in [0, 0.05) is 22.7 Å². The lowest BCUT2D eigenvalue weighted by Gasteiger charge is -2.17. The lowest BCUT2D eigenvalue weighted by Crippen LogP contribution is -2.03. The van der Waals surface area contributed by atoms with E-state index in [4.69, 9.17) is 4.98 Å². The molecule has 4 aromatic rings. The van der Waals surface area contributed by atoms with Gasteiger partial charge in [0.05, 0.1) is 11.0 Å². The van der Waals surface area contributed by atoms with Crippen LogP contribution in [0, 0.1) is 0 Å². The minimum atomic E-state index is 0.388. The van der Waals surface area contributed by atoms with Crippen molar-refractivity contribution in [3.05, 3.63) is 83.7 Å². The Kier molecular flexibility index (Phi) is 4.42. The molecule has 0 N–H and O–H groups in total. The maximum atomic E-state index is 4.85. The second kappa shape index (κ2) is 6.87. The van der Waals surface area contributed by atoms with Gasteiger partial charge in [0.2, 0.25) is 0 Å². The molecule has 0 aliphatic carbocycles. The molecule has 2 nitrogen and oxygen atoms in total. The molecule has 2 heterocycles. The number of benzene rings is 2. The summed E-state index contributed by atoms with van der Waals surface area (Å²) < 4.78 is 0. The molecule has 1 unspecified atom stereocenters. The molecule has 0 bridgehead atoms. The van der Waals surface area contributed by atoms with Crippen molar-refractivity contribution < 1.29 is 0 Å². The van der Waals surface area contributed by atoms with Crippen molar-refractivity contribution in [3.63, 3.8) is 0 Å². The Morgan fingerprint density at radius 1 is 0.885 bits per heavy atom. The van der Waals surface area contributed by atoms with Crippen LogP contribution in [0.25, 0.3) is 21.8 Å². The molecule has 130 valence electrons. The third-order valence-corrected chi connectivity index (χ3v) is 5.13. The van der Waals surface area contributed by atoms with E-state index in [0.29, 0.717) is 11.8 Å². The molecular weight excluding hydrogens is 316 g/mol. The van der Waals surface area contributed by atoms with Crippen LogP contribution in [0.15, 0.2) is 66.9 Å². The topological polar surface area (TPSA) is 25.8 Å². The highest BCUT2D eigenvalue weighted by atomic mass is 14.7. The van der Waals surface area contributed by atoms with Crippen LogP contribution >= 0.6 is 0 Å². The minimum absolute atomic E-state index is 0.388. The number of rotatable bonds is 4. The Labute approximate surface area is 154 Å². The van der Waals surface area contributed by atoms with Crippen LogP contribution in [0.3, 0.4) is 0 Å². The second-order valence-electron chi connectivity index (χ2n) is 7.41. The highest BCUT2D eigenvalue weighted by Crippen LogP contribution is 2.30. The number of aromatic nitrogens is 2. The number of hydrogen-bond acceptors (Lipinski definition) is 2. The Morgan fingerprint density at radius 2 is 1.69 bits per heavy atom. The monoisotopic (exact) mass is 340 g/mol. The van der Waals surface area contributed by atoms with Crippen LogP contribution in [-0.4, -0.2) is 9.97 Å². The zero-order chi connectivity index (χ0) is 18.1. The van der Waals surface area contributed by atoms with Gasteiger partial charge in [-0.2, -0.15) is 0 Å². The van der Waals surface area contributed by atoms with E-state index >= 15 is 0 Å². The second-order valence-corrected chi connectivity index (χ2v) is 7.41. The van der Waals surface area contributed by atoms with Crippen LogP contribution in [0.2, 0.25) is 0 Å². The van der Waals surface area contributed by atoms with Gasteiger partial charge in [0.25, 0.3) is 0 Å².